The van der Waals surface area contributed by atoms with Crippen molar-refractivity contribution in [2.75, 3.05) is 24.6 Å². The summed E-state index contributed by atoms with van der Waals surface area (Å²) in [5.74, 6) is 0.736. The van der Waals surface area contributed by atoms with Crippen LogP contribution in [0.3, 0.4) is 0 Å². The number of fused-ring (bicyclic) bond motifs is 2. The fraction of sp³-hybridized carbons (Fsp3) is 0.478. The van der Waals surface area contributed by atoms with E-state index in [2.05, 4.69) is 22.0 Å². The van der Waals surface area contributed by atoms with Gasteiger partial charge in [0, 0.05) is 31.7 Å². The van der Waals surface area contributed by atoms with E-state index >= 15 is 0 Å². The Balaban J connectivity index is 1.36. The Morgan fingerprint density at radius 1 is 1.21 bits per heavy atom. The van der Waals surface area contributed by atoms with Crippen LogP contribution >= 0.6 is 11.6 Å². The predicted octanol–water partition coefficient (Wildman–Crippen LogP) is 3.24. The van der Waals surface area contributed by atoms with E-state index in [-0.39, 0.29) is 12.0 Å². The van der Waals surface area contributed by atoms with Crippen LogP contribution in [0.25, 0.3) is 27.8 Å². The van der Waals surface area contributed by atoms with Crippen LogP contribution in [0.2, 0.25) is 5.02 Å². The van der Waals surface area contributed by atoms with Crippen LogP contribution in [0.5, 0.6) is 0 Å². The number of aryl methyl sites for hydroxylation is 1. The smallest absolute Gasteiger partial charge is 0.182 e. The Labute approximate surface area is 195 Å². The van der Waals surface area contributed by atoms with Crippen molar-refractivity contribution in [2.45, 2.75) is 38.9 Å². The van der Waals surface area contributed by atoms with Gasteiger partial charge in [-0.15, -0.1) is 0 Å². The van der Waals surface area contributed by atoms with Gasteiger partial charge in [0.25, 0.3) is 0 Å². The number of aliphatic hydroxyl groups excluding tert-OH is 1. The van der Waals surface area contributed by atoms with Gasteiger partial charge in [-0.3, -0.25) is 4.68 Å². The highest BCUT2D eigenvalue weighted by atomic mass is 35.5. The monoisotopic (exact) mass is 467 g/mol. The van der Waals surface area contributed by atoms with E-state index in [0.29, 0.717) is 33.7 Å². The molecule has 2 aliphatic rings. The van der Waals surface area contributed by atoms with Crippen molar-refractivity contribution in [3.63, 3.8) is 0 Å². The van der Waals surface area contributed by atoms with Crippen LogP contribution in [0.1, 0.15) is 31.9 Å². The Bertz CT molecular complexity index is 1360. The highest BCUT2D eigenvalue weighted by molar-refractivity contribution is 6.37. The molecule has 2 saturated heterocycles. The Morgan fingerprint density at radius 3 is 2.76 bits per heavy atom. The fourth-order valence-electron chi connectivity index (χ4n) is 5.33. The molecule has 0 aliphatic carbocycles. The third-order valence-corrected chi connectivity index (χ3v) is 7.46. The molecule has 0 saturated carbocycles. The number of hydrogen-bond donors (Lipinski definition) is 1. The zero-order chi connectivity index (χ0) is 22.7. The fourth-order valence-corrected chi connectivity index (χ4v) is 5.62. The molecule has 1 N–H and O–H groups in total. The normalized spacial score (nSPS) is 20.5. The number of ether oxygens (including phenoxy) is 1. The molecule has 1 spiro atoms. The molecular weight excluding hydrogens is 442 g/mol. The quantitative estimate of drug-likeness (QED) is 0.494. The van der Waals surface area contributed by atoms with Crippen molar-refractivity contribution in [2.24, 2.45) is 12.5 Å². The number of hydrogen-bond acceptors (Lipinski definition) is 7. The zero-order valence-corrected chi connectivity index (χ0v) is 19.5. The molecule has 0 bridgehead atoms. The van der Waals surface area contributed by atoms with E-state index in [1.807, 2.05) is 25.4 Å². The van der Waals surface area contributed by atoms with Gasteiger partial charge >= 0.3 is 0 Å². The van der Waals surface area contributed by atoms with Crippen LogP contribution in [-0.2, 0) is 18.4 Å². The maximum absolute atomic E-state index is 10.1. The van der Waals surface area contributed by atoms with E-state index in [0.717, 1.165) is 55.7 Å². The van der Waals surface area contributed by atoms with Gasteiger partial charge in [-0.1, -0.05) is 11.6 Å². The van der Waals surface area contributed by atoms with E-state index in [1.165, 1.54) is 0 Å². The second-order valence-corrected chi connectivity index (χ2v) is 9.74. The topological polar surface area (TPSA) is 94.1 Å². The van der Waals surface area contributed by atoms with Crippen molar-refractivity contribution < 1.29 is 9.84 Å². The van der Waals surface area contributed by atoms with Crippen LogP contribution in [0.15, 0.2) is 24.5 Å². The lowest BCUT2D eigenvalue weighted by atomic mass is 9.77. The lowest BCUT2D eigenvalue weighted by Crippen LogP contribution is -2.41. The molecule has 0 radical (unpaired) electrons. The summed E-state index contributed by atoms with van der Waals surface area (Å²) in [4.78, 5) is 11.9. The van der Waals surface area contributed by atoms with Crippen molar-refractivity contribution in [1.29, 1.82) is 0 Å². The van der Waals surface area contributed by atoms with Gasteiger partial charge in [-0.25, -0.2) is 14.6 Å². The lowest BCUT2D eigenvalue weighted by molar-refractivity contribution is 0.0975. The summed E-state index contributed by atoms with van der Waals surface area (Å²) >= 11 is 6.71. The number of piperidine rings is 1. The molecule has 1 aromatic carbocycles. The zero-order valence-electron chi connectivity index (χ0n) is 18.7. The van der Waals surface area contributed by atoms with Crippen LogP contribution in [-0.4, -0.2) is 60.4 Å². The minimum atomic E-state index is -0.194. The Morgan fingerprint density at radius 2 is 2.03 bits per heavy atom. The molecule has 33 heavy (non-hydrogen) atoms. The molecule has 4 aromatic rings. The molecule has 172 valence electrons. The van der Waals surface area contributed by atoms with Gasteiger partial charge in [0.15, 0.2) is 11.5 Å². The van der Waals surface area contributed by atoms with Crippen LogP contribution < -0.4 is 4.90 Å². The first-order chi connectivity index (χ1) is 16.0. The van der Waals surface area contributed by atoms with E-state index in [1.54, 1.807) is 15.6 Å². The molecule has 9 nitrogen and oxygen atoms in total. The summed E-state index contributed by atoms with van der Waals surface area (Å²) in [6.07, 6.45) is 7.16. The van der Waals surface area contributed by atoms with Gasteiger partial charge < -0.3 is 14.7 Å². The molecule has 10 heteroatoms. The second-order valence-electron chi connectivity index (χ2n) is 9.36. The third kappa shape index (κ3) is 3.37. The maximum atomic E-state index is 10.1. The SMILES string of the molecule is C[C@H]1CC2(CCN(c3nc4cnn(-c5ccc6nn(C)cc6c5Cl)c4nc3CO)CC2)CO1. The van der Waals surface area contributed by atoms with Crippen LogP contribution in [0.4, 0.5) is 5.82 Å². The number of halogens is 1. The summed E-state index contributed by atoms with van der Waals surface area (Å²) in [5.41, 5.74) is 3.58. The van der Waals surface area contributed by atoms with E-state index in [9.17, 15) is 5.11 Å². The Hall–Kier alpha value is -2.75. The molecule has 0 amide bonds. The molecular formula is C23H26ClN7O2. The first-order valence-electron chi connectivity index (χ1n) is 11.3. The molecule has 2 aliphatic heterocycles. The number of aliphatic hydroxyl groups is 1. The number of nitrogens with zero attached hydrogens (tertiary/aromatic N) is 7. The number of anilines is 1. The van der Waals surface area contributed by atoms with Gasteiger partial charge in [0.1, 0.15) is 11.2 Å². The van der Waals surface area contributed by atoms with E-state index in [4.69, 9.17) is 26.3 Å². The van der Waals surface area contributed by atoms with Crippen molar-refractivity contribution in [3.05, 3.63) is 35.2 Å². The average Bonchev–Trinajstić information content (AvgIpc) is 3.50. The van der Waals surface area contributed by atoms with Crippen LogP contribution in [0, 0.1) is 5.41 Å². The van der Waals surface area contributed by atoms with Gasteiger partial charge in [-0.2, -0.15) is 10.2 Å². The highest BCUT2D eigenvalue weighted by Crippen LogP contribution is 2.43. The molecule has 5 heterocycles. The van der Waals surface area contributed by atoms with E-state index < -0.39 is 0 Å². The number of rotatable bonds is 3. The third-order valence-electron chi connectivity index (χ3n) is 7.06. The minimum absolute atomic E-state index is 0.194. The largest absolute Gasteiger partial charge is 0.390 e. The summed E-state index contributed by atoms with van der Waals surface area (Å²) in [6, 6.07) is 3.79. The first kappa shape index (κ1) is 20.8. The summed E-state index contributed by atoms with van der Waals surface area (Å²) < 4.78 is 9.28. The molecule has 0 unspecified atom stereocenters. The Kier molecular flexibility index (Phi) is 4.83. The number of benzene rings is 1. The predicted molar refractivity (Wildman–Crippen MR) is 126 cm³/mol. The summed E-state index contributed by atoms with van der Waals surface area (Å²) in [6.45, 7) is 4.55. The lowest BCUT2D eigenvalue weighted by Gasteiger charge is -2.39. The summed E-state index contributed by atoms with van der Waals surface area (Å²) in [7, 11) is 1.86. The van der Waals surface area contributed by atoms with Crippen molar-refractivity contribution in [3.8, 4) is 5.69 Å². The number of aromatic nitrogens is 6. The standard InChI is InChI=1S/C23H26ClN7O2/c1-14-9-23(13-33-14)5-7-30(8-6-23)21-18(12-32)27-22-17(26-21)10-25-31(22)19-4-3-16-15(20(19)24)11-29(2)28-16/h3-4,10-11,14,32H,5-9,12-13H2,1-2H3/t14-/m0/s1. The molecule has 1 atom stereocenters. The maximum Gasteiger partial charge on any atom is 0.182 e. The van der Waals surface area contributed by atoms with Gasteiger partial charge in [0.05, 0.1) is 41.7 Å². The second kappa shape index (κ2) is 7.65. The average molecular weight is 468 g/mol. The van der Waals surface area contributed by atoms with Crippen molar-refractivity contribution >= 4 is 39.5 Å². The molecule has 3 aromatic heterocycles. The first-order valence-corrected chi connectivity index (χ1v) is 11.7. The molecule has 2 fully saturated rings. The van der Waals surface area contributed by atoms with Crippen molar-refractivity contribution in [1.82, 2.24) is 29.5 Å². The molecule has 6 rings (SSSR count). The summed E-state index contributed by atoms with van der Waals surface area (Å²) in [5, 5.41) is 20.5. The highest BCUT2D eigenvalue weighted by Gasteiger charge is 2.41. The van der Waals surface area contributed by atoms with Gasteiger partial charge in [-0.05, 0) is 43.7 Å². The minimum Gasteiger partial charge on any atom is -0.390 e. The van der Waals surface area contributed by atoms with Gasteiger partial charge in [0.2, 0.25) is 0 Å².